The van der Waals surface area contributed by atoms with Gasteiger partial charge < -0.3 is 15.5 Å². The molecule has 3 nitrogen and oxygen atoms in total. The summed E-state index contributed by atoms with van der Waals surface area (Å²) in [5, 5.41) is 18.4. The van der Waals surface area contributed by atoms with Gasteiger partial charge >= 0.3 is 12.4 Å². The minimum Gasteiger partial charge on any atom is -0.382 e. The molecule has 0 radical (unpaired) electrons. The standard InChI is InChI=1S/C6H9F6NO2/c7-5(8,9)3(14)1-13-2-4(15)6(10,11)12/h3-4,13-15H,1-2H2. The molecule has 0 aromatic carbocycles. The molecule has 0 aliphatic heterocycles. The summed E-state index contributed by atoms with van der Waals surface area (Å²) in [6.45, 7) is -2.20. The molecular formula is C6H9F6NO2. The van der Waals surface area contributed by atoms with Gasteiger partial charge in [0.2, 0.25) is 0 Å². The minimum absolute atomic E-state index is 1.10. The maximum absolute atomic E-state index is 11.6. The highest BCUT2D eigenvalue weighted by atomic mass is 19.4. The van der Waals surface area contributed by atoms with E-state index in [2.05, 4.69) is 0 Å². The number of hydrogen-bond donors (Lipinski definition) is 3. The molecule has 0 saturated carbocycles. The molecule has 0 aromatic heterocycles. The molecule has 0 rings (SSSR count). The Morgan fingerprint density at radius 2 is 1.07 bits per heavy atom. The molecule has 2 atom stereocenters. The van der Waals surface area contributed by atoms with Crippen LogP contribution in [0.2, 0.25) is 0 Å². The summed E-state index contributed by atoms with van der Waals surface area (Å²) >= 11 is 0. The third-order valence-electron chi connectivity index (χ3n) is 1.43. The van der Waals surface area contributed by atoms with Crippen LogP contribution in [-0.4, -0.2) is 47.9 Å². The molecule has 0 spiro atoms. The second-order valence-electron chi connectivity index (χ2n) is 2.77. The van der Waals surface area contributed by atoms with E-state index in [1.54, 1.807) is 5.32 Å². The number of hydrogen-bond acceptors (Lipinski definition) is 3. The van der Waals surface area contributed by atoms with Crippen LogP contribution in [0.25, 0.3) is 0 Å². The number of rotatable bonds is 4. The average molecular weight is 241 g/mol. The second-order valence-corrected chi connectivity index (χ2v) is 2.77. The van der Waals surface area contributed by atoms with E-state index in [1.165, 1.54) is 0 Å². The van der Waals surface area contributed by atoms with E-state index in [4.69, 9.17) is 10.2 Å². The first-order valence-corrected chi connectivity index (χ1v) is 3.75. The van der Waals surface area contributed by atoms with Crippen LogP contribution >= 0.6 is 0 Å². The average Bonchev–Trinajstić information content (AvgIpc) is 2.00. The Balaban J connectivity index is 3.81. The predicted molar refractivity (Wildman–Crippen MR) is 37.0 cm³/mol. The number of aliphatic hydroxyl groups is 2. The third-order valence-corrected chi connectivity index (χ3v) is 1.43. The zero-order valence-electron chi connectivity index (χ0n) is 7.23. The molecule has 0 aliphatic carbocycles. The van der Waals surface area contributed by atoms with Gasteiger partial charge in [-0.1, -0.05) is 0 Å². The molecule has 2 unspecified atom stereocenters. The van der Waals surface area contributed by atoms with E-state index in [0.717, 1.165) is 0 Å². The van der Waals surface area contributed by atoms with Crippen LogP contribution in [0.3, 0.4) is 0 Å². The summed E-state index contributed by atoms with van der Waals surface area (Å²) in [4.78, 5) is 0. The van der Waals surface area contributed by atoms with Crippen LogP contribution in [0.1, 0.15) is 0 Å². The lowest BCUT2D eigenvalue weighted by molar-refractivity contribution is -0.209. The quantitative estimate of drug-likeness (QED) is 0.625. The summed E-state index contributed by atoms with van der Waals surface area (Å²) in [5.74, 6) is 0. The van der Waals surface area contributed by atoms with Gasteiger partial charge in [0.05, 0.1) is 0 Å². The highest BCUT2D eigenvalue weighted by Crippen LogP contribution is 2.20. The Labute approximate surface area is 80.7 Å². The van der Waals surface area contributed by atoms with Crippen molar-refractivity contribution in [2.45, 2.75) is 24.6 Å². The van der Waals surface area contributed by atoms with Gasteiger partial charge in [-0.25, -0.2) is 0 Å². The third kappa shape index (κ3) is 5.80. The molecule has 0 saturated heterocycles. The smallest absolute Gasteiger partial charge is 0.382 e. The minimum atomic E-state index is -4.89. The fraction of sp³-hybridized carbons (Fsp3) is 1.00. The van der Waals surface area contributed by atoms with Crippen molar-refractivity contribution in [3.63, 3.8) is 0 Å². The zero-order valence-corrected chi connectivity index (χ0v) is 7.23. The molecule has 0 aliphatic rings. The van der Waals surface area contributed by atoms with Crippen LogP contribution in [0.5, 0.6) is 0 Å². The number of halogens is 6. The molecule has 9 heteroatoms. The van der Waals surface area contributed by atoms with Crippen LogP contribution < -0.4 is 5.32 Å². The molecule has 3 N–H and O–H groups in total. The highest BCUT2D eigenvalue weighted by Gasteiger charge is 2.40. The van der Waals surface area contributed by atoms with Crippen molar-refractivity contribution in [2.24, 2.45) is 0 Å². The first-order valence-electron chi connectivity index (χ1n) is 3.75. The molecule has 92 valence electrons. The van der Waals surface area contributed by atoms with Gasteiger partial charge in [-0.3, -0.25) is 0 Å². The van der Waals surface area contributed by atoms with E-state index >= 15 is 0 Å². The van der Waals surface area contributed by atoms with Gasteiger partial charge in [0.1, 0.15) is 0 Å². The Hall–Kier alpha value is -0.540. The van der Waals surface area contributed by atoms with E-state index in [1.807, 2.05) is 0 Å². The Kier molecular flexibility index (Phi) is 4.81. The maximum atomic E-state index is 11.6. The van der Waals surface area contributed by atoms with Crippen molar-refractivity contribution in [3.05, 3.63) is 0 Å². The summed E-state index contributed by atoms with van der Waals surface area (Å²) in [6.07, 6.45) is -15.3. The predicted octanol–water partition coefficient (Wildman–Crippen LogP) is 0.422. The zero-order chi connectivity index (χ0) is 12.3. The number of alkyl halides is 6. The monoisotopic (exact) mass is 241 g/mol. The van der Waals surface area contributed by atoms with Crippen molar-refractivity contribution in [3.8, 4) is 0 Å². The highest BCUT2D eigenvalue weighted by molar-refractivity contribution is 4.72. The Bertz CT molecular complexity index is 171. The van der Waals surface area contributed by atoms with Crippen LogP contribution in [0.4, 0.5) is 26.3 Å². The van der Waals surface area contributed by atoms with Crippen molar-refractivity contribution in [1.29, 1.82) is 0 Å². The first kappa shape index (κ1) is 14.5. The number of aliphatic hydroxyl groups excluding tert-OH is 2. The molecule has 0 heterocycles. The summed E-state index contributed by atoms with van der Waals surface area (Å²) in [6, 6.07) is 0. The maximum Gasteiger partial charge on any atom is 0.415 e. The van der Waals surface area contributed by atoms with Gasteiger partial charge in [-0.15, -0.1) is 0 Å². The normalized spacial score (nSPS) is 17.6. The molecule has 0 bridgehead atoms. The second kappa shape index (κ2) is 4.99. The topological polar surface area (TPSA) is 52.5 Å². The molecular weight excluding hydrogens is 232 g/mol. The molecule has 0 aromatic rings. The van der Waals surface area contributed by atoms with Gasteiger partial charge in [-0.05, 0) is 0 Å². The Morgan fingerprint density at radius 1 is 0.800 bits per heavy atom. The van der Waals surface area contributed by atoms with E-state index < -0.39 is 37.7 Å². The van der Waals surface area contributed by atoms with Gasteiger partial charge in [0.15, 0.2) is 12.2 Å². The van der Waals surface area contributed by atoms with Crippen molar-refractivity contribution < 1.29 is 36.6 Å². The first-order chi connectivity index (χ1) is 6.55. The fourth-order valence-corrected chi connectivity index (χ4v) is 0.588. The van der Waals surface area contributed by atoms with Crippen molar-refractivity contribution >= 4 is 0 Å². The SMILES string of the molecule is OC(CNCC(O)C(F)(F)F)C(F)(F)F. The van der Waals surface area contributed by atoms with Crippen LogP contribution in [0, 0.1) is 0 Å². The van der Waals surface area contributed by atoms with Gasteiger partial charge in [0.25, 0.3) is 0 Å². The summed E-state index contributed by atoms with van der Waals surface area (Å²) in [7, 11) is 0. The molecule has 15 heavy (non-hydrogen) atoms. The van der Waals surface area contributed by atoms with Crippen LogP contribution in [-0.2, 0) is 0 Å². The molecule has 0 fully saturated rings. The Morgan fingerprint density at radius 3 is 1.27 bits per heavy atom. The number of nitrogens with one attached hydrogen (secondary N) is 1. The lowest BCUT2D eigenvalue weighted by atomic mass is 10.3. The summed E-state index contributed by atoms with van der Waals surface area (Å²) < 4.78 is 69.8. The summed E-state index contributed by atoms with van der Waals surface area (Å²) in [5.41, 5.74) is 0. The van der Waals surface area contributed by atoms with E-state index in [-0.39, 0.29) is 0 Å². The lowest BCUT2D eigenvalue weighted by Crippen LogP contribution is -2.44. The van der Waals surface area contributed by atoms with E-state index in [9.17, 15) is 26.3 Å². The molecule has 0 amide bonds. The van der Waals surface area contributed by atoms with Crippen LogP contribution in [0.15, 0.2) is 0 Å². The van der Waals surface area contributed by atoms with E-state index in [0.29, 0.717) is 0 Å². The van der Waals surface area contributed by atoms with Crippen molar-refractivity contribution in [1.82, 2.24) is 5.32 Å². The van der Waals surface area contributed by atoms with Crippen molar-refractivity contribution in [2.75, 3.05) is 13.1 Å². The van der Waals surface area contributed by atoms with Gasteiger partial charge in [-0.2, -0.15) is 26.3 Å². The fourth-order valence-electron chi connectivity index (χ4n) is 0.588. The largest absolute Gasteiger partial charge is 0.415 e. The van der Waals surface area contributed by atoms with Gasteiger partial charge in [0, 0.05) is 13.1 Å². The lowest BCUT2D eigenvalue weighted by Gasteiger charge is -2.18.